The van der Waals surface area contributed by atoms with Crippen LogP contribution < -0.4 is 9.64 Å². The third kappa shape index (κ3) is 5.44. The Balaban J connectivity index is 1.61. The van der Waals surface area contributed by atoms with Crippen molar-refractivity contribution in [1.29, 1.82) is 0 Å². The molecule has 0 N–H and O–H groups in total. The van der Waals surface area contributed by atoms with Crippen molar-refractivity contribution < 1.29 is 36.2 Å². The van der Waals surface area contributed by atoms with E-state index in [0.717, 1.165) is 0 Å². The molecule has 1 aliphatic rings. The Morgan fingerprint density at radius 3 is 2.48 bits per heavy atom. The highest BCUT2D eigenvalue weighted by molar-refractivity contribution is 6.36. The van der Waals surface area contributed by atoms with Crippen molar-refractivity contribution in [3.63, 3.8) is 0 Å². The van der Waals surface area contributed by atoms with Crippen LogP contribution in [0.5, 0.6) is 6.01 Å². The van der Waals surface area contributed by atoms with Crippen LogP contribution in [0, 0.1) is 11.6 Å². The van der Waals surface area contributed by atoms with E-state index in [2.05, 4.69) is 15.0 Å². The SMILES string of the molecule is COc1nc(N2CCN(C(=O)OC(C)(C)C)C(C(F)(F)F)C2)c2cnc(-c3cccc4ccc(F)c(Cl)c34)c(F)c2n1. The first-order valence-corrected chi connectivity index (χ1v) is 13.2. The van der Waals surface area contributed by atoms with Gasteiger partial charge >= 0.3 is 18.3 Å². The lowest BCUT2D eigenvalue weighted by molar-refractivity contribution is -0.181. The lowest BCUT2D eigenvalue weighted by atomic mass is 10.0. The average molecular weight is 610 g/mol. The van der Waals surface area contributed by atoms with Crippen molar-refractivity contribution >= 4 is 45.2 Å². The van der Waals surface area contributed by atoms with Gasteiger partial charge in [-0.25, -0.2) is 13.6 Å². The molecule has 0 saturated carbocycles. The number of carbonyl (C=O) groups is 1. The van der Waals surface area contributed by atoms with Crippen molar-refractivity contribution in [2.24, 2.45) is 0 Å². The van der Waals surface area contributed by atoms with Crippen LogP contribution in [0.1, 0.15) is 20.8 Å². The molecule has 14 heteroatoms. The number of alkyl halides is 3. The lowest BCUT2D eigenvalue weighted by Gasteiger charge is -2.42. The number of pyridine rings is 1. The molecule has 1 unspecified atom stereocenters. The largest absolute Gasteiger partial charge is 0.467 e. The number of methoxy groups -OCH3 is 1. The number of carbonyl (C=O) groups excluding carboxylic acids is 1. The number of hydrogen-bond acceptors (Lipinski definition) is 7. The third-order valence-electron chi connectivity index (χ3n) is 6.70. The summed E-state index contributed by atoms with van der Waals surface area (Å²) in [6.07, 6.45) is -4.67. The number of benzene rings is 2. The van der Waals surface area contributed by atoms with E-state index in [4.69, 9.17) is 21.1 Å². The summed E-state index contributed by atoms with van der Waals surface area (Å²) >= 11 is 6.24. The van der Waals surface area contributed by atoms with Gasteiger partial charge in [-0.05, 0) is 32.2 Å². The van der Waals surface area contributed by atoms with Gasteiger partial charge in [-0.2, -0.15) is 23.1 Å². The van der Waals surface area contributed by atoms with Gasteiger partial charge in [-0.3, -0.25) is 9.88 Å². The predicted octanol–water partition coefficient (Wildman–Crippen LogP) is 6.77. The normalized spacial score (nSPS) is 16.3. The van der Waals surface area contributed by atoms with Crippen LogP contribution >= 0.6 is 11.6 Å². The number of ether oxygens (including phenoxy) is 2. The van der Waals surface area contributed by atoms with Gasteiger partial charge in [-0.15, -0.1) is 0 Å². The fraction of sp³-hybridized carbons (Fsp3) is 0.357. The number of amides is 1. The summed E-state index contributed by atoms with van der Waals surface area (Å²) in [4.78, 5) is 27.1. The van der Waals surface area contributed by atoms with E-state index in [1.165, 1.54) is 36.4 Å². The summed E-state index contributed by atoms with van der Waals surface area (Å²) in [5, 5.41) is 0.576. The molecule has 1 fully saturated rings. The monoisotopic (exact) mass is 609 g/mol. The van der Waals surface area contributed by atoms with Gasteiger partial charge in [0.15, 0.2) is 5.82 Å². The summed E-state index contributed by atoms with van der Waals surface area (Å²) in [7, 11) is 1.23. The zero-order chi connectivity index (χ0) is 30.6. The summed E-state index contributed by atoms with van der Waals surface area (Å²) in [6.45, 7) is 3.54. The minimum Gasteiger partial charge on any atom is -0.467 e. The molecule has 2 aromatic carbocycles. The number of piperazine rings is 1. The molecule has 0 aliphatic carbocycles. The first-order valence-electron chi connectivity index (χ1n) is 12.8. The van der Waals surface area contributed by atoms with Crippen LogP contribution in [0.4, 0.5) is 32.6 Å². The van der Waals surface area contributed by atoms with Crippen LogP contribution in [-0.2, 0) is 4.74 Å². The molecule has 0 bridgehead atoms. The predicted molar refractivity (Wildman–Crippen MR) is 147 cm³/mol. The molecule has 1 amide bonds. The highest BCUT2D eigenvalue weighted by atomic mass is 35.5. The molecule has 4 aromatic rings. The number of rotatable bonds is 3. The molecular formula is C28H25ClF5N5O3. The van der Waals surface area contributed by atoms with E-state index < -0.39 is 42.1 Å². The fourth-order valence-electron chi connectivity index (χ4n) is 4.84. The number of fused-ring (bicyclic) bond motifs is 2. The first-order chi connectivity index (χ1) is 19.7. The van der Waals surface area contributed by atoms with Gasteiger partial charge in [-0.1, -0.05) is 35.9 Å². The van der Waals surface area contributed by atoms with Crippen LogP contribution in [0.2, 0.25) is 5.02 Å². The summed E-state index contributed by atoms with van der Waals surface area (Å²) in [6, 6.07) is 4.99. The average Bonchev–Trinajstić information content (AvgIpc) is 2.93. The molecule has 8 nitrogen and oxygen atoms in total. The minimum atomic E-state index is -4.80. The Morgan fingerprint density at radius 2 is 1.81 bits per heavy atom. The Bertz CT molecular complexity index is 1700. The van der Waals surface area contributed by atoms with Crippen molar-refractivity contribution in [3.05, 3.63) is 53.2 Å². The molecule has 1 atom stereocenters. The van der Waals surface area contributed by atoms with Gasteiger partial charge in [0.2, 0.25) is 0 Å². The maximum Gasteiger partial charge on any atom is 0.410 e. The maximum atomic E-state index is 16.2. The second kappa shape index (κ2) is 10.7. The molecule has 2 aromatic heterocycles. The van der Waals surface area contributed by atoms with Gasteiger partial charge in [0.05, 0.1) is 17.5 Å². The number of halogens is 6. The second-order valence-corrected chi connectivity index (χ2v) is 11.0. The Hall–Kier alpha value is -4.00. The molecular weight excluding hydrogens is 585 g/mol. The van der Waals surface area contributed by atoms with E-state index in [9.17, 15) is 22.4 Å². The van der Waals surface area contributed by atoms with Gasteiger partial charge in [0.25, 0.3) is 0 Å². The third-order valence-corrected chi connectivity index (χ3v) is 7.07. The van der Waals surface area contributed by atoms with Crippen LogP contribution in [0.25, 0.3) is 32.9 Å². The Morgan fingerprint density at radius 1 is 1.07 bits per heavy atom. The van der Waals surface area contributed by atoms with Crippen LogP contribution in [0.3, 0.4) is 0 Å². The summed E-state index contributed by atoms with van der Waals surface area (Å²) in [5.74, 6) is -1.69. The molecule has 5 rings (SSSR count). The second-order valence-electron chi connectivity index (χ2n) is 10.7. The Kier molecular flexibility index (Phi) is 7.50. The van der Waals surface area contributed by atoms with E-state index >= 15 is 4.39 Å². The van der Waals surface area contributed by atoms with Crippen LogP contribution in [0.15, 0.2) is 36.5 Å². The highest BCUT2D eigenvalue weighted by Gasteiger charge is 2.49. The Labute approximate surface area is 242 Å². The highest BCUT2D eigenvalue weighted by Crippen LogP contribution is 2.39. The number of aromatic nitrogens is 3. The van der Waals surface area contributed by atoms with E-state index in [1.54, 1.807) is 32.9 Å². The summed E-state index contributed by atoms with van der Waals surface area (Å²) < 4.78 is 83.4. The van der Waals surface area contributed by atoms with Crippen molar-refractivity contribution in [1.82, 2.24) is 19.9 Å². The molecule has 3 heterocycles. The number of anilines is 1. The molecule has 1 saturated heterocycles. The molecule has 0 spiro atoms. The van der Waals surface area contributed by atoms with E-state index in [-0.39, 0.29) is 57.5 Å². The smallest absolute Gasteiger partial charge is 0.410 e. The van der Waals surface area contributed by atoms with Crippen molar-refractivity contribution in [3.8, 4) is 17.3 Å². The topological polar surface area (TPSA) is 80.7 Å². The van der Waals surface area contributed by atoms with Crippen LogP contribution in [-0.4, -0.2) is 70.5 Å². The van der Waals surface area contributed by atoms with Gasteiger partial charge in [0, 0.05) is 36.8 Å². The molecule has 1 aliphatic heterocycles. The maximum absolute atomic E-state index is 16.2. The van der Waals surface area contributed by atoms with Gasteiger partial charge < -0.3 is 14.4 Å². The molecule has 0 radical (unpaired) electrons. The first kappa shape index (κ1) is 29.5. The van der Waals surface area contributed by atoms with Crippen molar-refractivity contribution in [2.45, 2.75) is 38.6 Å². The van der Waals surface area contributed by atoms with E-state index in [0.29, 0.717) is 10.3 Å². The standard InChI is InChI=1S/C28H25ClF5N5O3/c1-27(2,3)42-26(40)39-11-10-38(13-18(39)28(32,33)34)24-16-12-35-22(21(31)23(16)36-25(37-24)41-4)15-7-5-6-14-8-9-17(30)20(29)19(14)15/h5-9,12,18H,10-11,13H2,1-4H3. The molecule has 222 valence electrons. The number of hydrogen-bond donors (Lipinski definition) is 0. The minimum absolute atomic E-state index is 0.0150. The quantitative estimate of drug-likeness (QED) is 0.237. The van der Waals surface area contributed by atoms with E-state index in [1.807, 2.05) is 0 Å². The molecule has 42 heavy (non-hydrogen) atoms. The zero-order valence-electron chi connectivity index (χ0n) is 22.9. The number of nitrogens with zero attached hydrogens (tertiary/aromatic N) is 5. The fourth-order valence-corrected chi connectivity index (χ4v) is 5.12. The lowest BCUT2D eigenvalue weighted by Crippen LogP contribution is -2.61. The van der Waals surface area contributed by atoms with Crippen molar-refractivity contribution in [2.75, 3.05) is 31.6 Å². The summed E-state index contributed by atoms with van der Waals surface area (Å²) in [5.41, 5.74) is -1.28. The van der Waals surface area contributed by atoms with Gasteiger partial charge in [0.1, 0.15) is 34.5 Å². The zero-order valence-corrected chi connectivity index (χ0v) is 23.6.